The Hall–Kier alpha value is -1.61. The van der Waals surface area contributed by atoms with Gasteiger partial charge in [-0.1, -0.05) is 12.1 Å². The zero-order valence-corrected chi connectivity index (χ0v) is 14.0. The van der Waals surface area contributed by atoms with Crippen molar-refractivity contribution in [2.24, 2.45) is 0 Å². The lowest BCUT2D eigenvalue weighted by molar-refractivity contribution is 0.0696. The molecule has 2 aromatic carbocycles. The lowest BCUT2D eigenvalue weighted by Gasteiger charge is -2.11. The number of rotatable bonds is 4. The van der Waals surface area contributed by atoms with E-state index in [4.69, 9.17) is 5.11 Å². The van der Waals surface area contributed by atoms with Gasteiger partial charge in [0.2, 0.25) is 0 Å². The topological polar surface area (TPSA) is 83.5 Å². The molecule has 0 saturated heterocycles. The van der Waals surface area contributed by atoms with E-state index in [9.17, 15) is 13.2 Å². The number of anilines is 1. The van der Waals surface area contributed by atoms with Crippen LogP contribution in [0.1, 0.15) is 15.9 Å². The molecule has 0 fully saturated rings. The van der Waals surface area contributed by atoms with E-state index in [2.05, 4.69) is 27.3 Å². The number of aryl methyl sites for hydroxylation is 1. The van der Waals surface area contributed by atoms with Gasteiger partial charge in [0.15, 0.2) is 0 Å². The molecule has 2 rings (SSSR count). The van der Waals surface area contributed by atoms with Crippen LogP contribution in [-0.4, -0.2) is 19.5 Å². The Labute approximate surface area is 136 Å². The van der Waals surface area contributed by atoms with Crippen molar-refractivity contribution in [3.63, 3.8) is 0 Å². The summed E-state index contributed by atoms with van der Waals surface area (Å²) in [6.07, 6.45) is 0. The Bertz CT molecular complexity index is 802. The second kappa shape index (κ2) is 6.02. The van der Waals surface area contributed by atoms with Gasteiger partial charge in [-0.25, -0.2) is 13.2 Å². The molecule has 21 heavy (non-hydrogen) atoms. The molecule has 0 aliphatic heterocycles. The second-order valence-corrected chi connectivity index (χ2v) is 7.30. The molecule has 0 atom stereocenters. The fraction of sp³-hybridized carbons (Fsp3) is 0.0714. The van der Waals surface area contributed by atoms with Crippen molar-refractivity contribution in [3.05, 3.63) is 57.2 Å². The molecule has 0 spiro atoms. The van der Waals surface area contributed by atoms with E-state index in [0.717, 1.165) is 9.64 Å². The monoisotopic (exact) mass is 417 g/mol. The first-order chi connectivity index (χ1) is 9.79. The summed E-state index contributed by atoms with van der Waals surface area (Å²) in [4.78, 5) is 10.9. The van der Waals surface area contributed by atoms with Crippen molar-refractivity contribution in [3.8, 4) is 0 Å². The summed E-state index contributed by atoms with van der Waals surface area (Å²) in [5.74, 6) is -1.17. The molecular weight excluding hydrogens is 405 g/mol. The summed E-state index contributed by atoms with van der Waals surface area (Å²) < 4.78 is 28.2. The minimum atomic E-state index is -3.83. The van der Waals surface area contributed by atoms with E-state index in [1.54, 1.807) is 25.1 Å². The van der Waals surface area contributed by atoms with E-state index < -0.39 is 16.0 Å². The summed E-state index contributed by atoms with van der Waals surface area (Å²) >= 11 is 2.08. The molecule has 7 heteroatoms. The maximum absolute atomic E-state index is 12.4. The number of carboxylic acid groups (broad SMARTS) is 1. The predicted octanol–water partition coefficient (Wildman–Crippen LogP) is 3.10. The van der Waals surface area contributed by atoms with E-state index in [-0.39, 0.29) is 10.5 Å². The molecule has 0 aromatic heterocycles. The molecule has 0 bridgehead atoms. The van der Waals surface area contributed by atoms with Crippen LogP contribution in [0.15, 0.2) is 47.4 Å². The average molecular weight is 417 g/mol. The van der Waals surface area contributed by atoms with Gasteiger partial charge in [0.25, 0.3) is 10.0 Å². The van der Waals surface area contributed by atoms with Gasteiger partial charge >= 0.3 is 5.97 Å². The number of aromatic carboxylic acids is 1. The molecule has 0 heterocycles. The lowest BCUT2D eigenvalue weighted by Crippen LogP contribution is -2.15. The summed E-state index contributed by atoms with van der Waals surface area (Å²) in [5, 5.41) is 8.98. The average Bonchev–Trinajstić information content (AvgIpc) is 2.38. The highest BCUT2D eigenvalue weighted by Crippen LogP contribution is 2.21. The third-order valence-corrected chi connectivity index (χ3v) is 5.00. The van der Waals surface area contributed by atoms with E-state index in [1.807, 2.05) is 6.07 Å². The number of hydrogen-bond donors (Lipinski definition) is 2. The summed E-state index contributed by atoms with van der Waals surface area (Å²) in [6.45, 7) is 1.62. The molecule has 2 aromatic rings. The SMILES string of the molecule is Cc1ccc(C(=O)O)cc1S(=O)(=O)Nc1cccc(I)c1. The Morgan fingerprint density at radius 3 is 2.52 bits per heavy atom. The van der Waals surface area contributed by atoms with E-state index >= 15 is 0 Å². The minimum Gasteiger partial charge on any atom is -0.478 e. The molecule has 0 radical (unpaired) electrons. The number of nitrogens with one attached hydrogen (secondary N) is 1. The first kappa shape index (κ1) is 15.8. The Morgan fingerprint density at radius 1 is 1.19 bits per heavy atom. The van der Waals surface area contributed by atoms with Gasteiger partial charge in [0.1, 0.15) is 0 Å². The number of carbonyl (C=O) groups is 1. The normalized spacial score (nSPS) is 11.1. The first-order valence-electron chi connectivity index (χ1n) is 5.92. The maximum atomic E-state index is 12.4. The zero-order chi connectivity index (χ0) is 15.6. The van der Waals surface area contributed by atoms with E-state index in [0.29, 0.717) is 11.3 Å². The Balaban J connectivity index is 2.44. The number of carboxylic acids is 1. The fourth-order valence-corrected chi connectivity index (χ4v) is 3.65. The van der Waals surface area contributed by atoms with Gasteiger partial charge in [0, 0.05) is 9.26 Å². The first-order valence-corrected chi connectivity index (χ1v) is 8.48. The number of sulfonamides is 1. The molecule has 0 saturated carbocycles. The van der Waals surface area contributed by atoms with Gasteiger partial charge < -0.3 is 5.11 Å². The van der Waals surface area contributed by atoms with Crippen molar-refractivity contribution in [1.82, 2.24) is 0 Å². The maximum Gasteiger partial charge on any atom is 0.335 e. The molecule has 110 valence electrons. The molecular formula is C14H12INO4S. The van der Waals surface area contributed by atoms with Gasteiger partial charge in [-0.15, -0.1) is 0 Å². The van der Waals surface area contributed by atoms with Crippen LogP contribution in [0.3, 0.4) is 0 Å². The van der Waals surface area contributed by atoms with E-state index in [1.165, 1.54) is 12.1 Å². The summed E-state index contributed by atoms with van der Waals surface area (Å²) in [6, 6.07) is 10.9. The van der Waals surface area contributed by atoms with Crippen LogP contribution in [0, 0.1) is 10.5 Å². The highest BCUT2D eigenvalue weighted by atomic mass is 127. The van der Waals surface area contributed by atoms with Crippen LogP contribution in [0.4, 0.5) is 5.69 Å². The fourth-order valence-electron chi connectivity index (χ4n) is 1.78. The molecule has 0 aliphatic rings. The van der Waals surface area contributed by atoms with Crippen molar-refractivity contribution >= 4 is 44.3 Å². The standard InChI is InChI=1S/C14H12INO4S/c1-9-5-6-10(14(17)18)7-13(9)21(19,20)16-12-4-2-3-11(15)8-12/h2-8,16H,1H3,(H,17,18). The summed E-state index contributed by atoms with van der Waals surface area (Å²) in [5.41, 5.74) is 0.851. The van der Waals surface area contributed by atoms with Crippen molar-refractivity contribution in [1.29, 1.82) is 0 Å². The van der Waals surface area contributed by atoms with Gasteiger partial charge in [-0.3, -0.25) is 4.72 Å². The third-order valence-electron chi connectivity index (χ3n) is 2.80. The molecule has 5 nitrogen and oxygen atoms in total. The van der Waals surface area contributed by atoms with Crippen LogP contribution in [0.2, 0.25) is 0 Å². The van der Waals surface area contributed by atoms with Crippen molar-refractivity contribution in [2.45, 2.75) is 11.8 Å². The van der Waals surface area contributed by atoms with Gasteiger partial charge in [-0.05, 0) is 65.4 Å². The Kier molecular flexibility index (Phi) is 4.52. The minimum absolute atomic E-state index is 0.0405. The highest BCUT2D eigenvalue weighted by Gasteiger charge is 2.19. The van der Waals surface area contributed by atoms with Crippen molar-refractivity contribution < 1.29 is 18.3 Å². The summed E-state index contributed by atoms with van der Waals surface area (Å²) in [7, 11) is -3.83. The van der Waals surface area contributed by atoms with Crippen LogP contribution in [0.5, 0.6) is 0 Å². The lowest BCUT2D eigenvalue weighted by atomic mass is 10.1. The van der Waals surface area contributed by atoms with Gasteiger partial charge in [0.05, 0.1) is 10.5 Å². The predicted molar refractivity (Wildman–Crippen MR) is 88.1 cm³/mol. The molecule has 0 unspecified atom stereocenters. The second-order valence-electron chi connectivity index (χ2n) is 4.40. The smallest absolute Gasteiger partial charge is 0.335 e. The van der Waals surface area contributed by atoms with Crippen LogP contribution < -0.4 is 4.72 Å². The molecule has 2 N–H and O–H groups in total. The highest BCUT2D eigenvalue weighted by molar-refractivity contribution is 14.1. The number of hydrogen-bond acceptors (Lipinski definition) is 3. The zero-order valence-electron chi connectivity index (χ0n) is 11.0. The number of benzene rings is 2. The van der Waals surface area contributed by atoms with Crippen LogP contribution >= 0.6 is 22.6 Å². The van der Waals surface area contributed by atoms with Crippen molar-refractivity contribution in [2.75, 3.05) is 4.72 Å². The van der Waals surface area contributed by atoms with Gasteiger partial charge in [-0.2, -0.15) is 0 Å². The molecule has 0 aliphatic carbocycles. The third kappa shape index (κ3) is 3.73. The largest absolute Gasteiger partial charge is 0.478 e. The molecule has 0 amide bonds. The van der Waals surface area contributed by atoms with Crippen LogP contribution in [0.25, 0.3) is 0 Å². The number of halogens is 1. The van der Waals surface area contributed by atoms with Crippen LogP contribution in [-0.2, 0) is 10.0 Å². The quantitative estimate of drug-likeness (QED) is 0.750. The Morgan fingerprint density at radius 2 is 1.90 bits per heavy atom.